The molecule has 0 aliphatic rings. The van der Waals surface area contributed by atoms with Gasteiger partial charge in [0.2, 0.25) is 21.8 Å². The monoisotopic (exact) mass is 665 g/mol. The third-order valence-electron chi connectivity index (χ3n) is 7.03. The van der Waals surface area contributed by atoms with Gasteiger partial charge >= 0.3 is 0 Å². The van der Waals surface area contributed by atoms with Crippen LogP contribution in [0.3, 0.4) is 0 Å². The van der Waals surface area contributed by atoms with Gasteiger partial charge in [-0.25, -0.2) is 8.42 Å². The zero-order chi connectivity index (χ0) is 31.6. The highest BCUT2D eigenvalue weighted by Crippen LogP contribution is 2.28. The molecular formula is C32H38Cl3N3O4S. The van der Waals surface area contributed by atoms with Crippen LogP contribution in [0.1, 0.15) is 49.3 Å². The van der Waals surface area contributed by atoms with E-state index in [0.717, 1.165) is 35.8 Å². The van der Waals surface area contributed by atoms with Gasteiger partial charge in [0, 0.05) is 37.5 Å². The van der Waals surface area contributed by atoms with Gasteiger partial charge in [-0.05, 0) is 60.7 Å². The molecule has 0 heterocycles. The van der Waals surface area contributed by atoms with E-state index >= 15 is 0 Å². The lowest BCUT2D eigenvalue weighted by Crippen LogP contribution is -2.50. The standard InChI is InChI=1S/C32H38Cl3N3O4S/c1-4-5-17-36-32(40)30(20-24-10-7-6-8-11-24)37(22-25-14-16-27(34)28(35)19-25)31(39)12-9-18-38(43(3,41)42)29-21-26(33)15-13-23(29)2/h6-8,10-11,13-16,19,21,30H,4-5,9,12,17-18,20,22H2,1-3H3,(H,36,40)/t30-/m0/s1. The van der Waals surface area contributed by atoms with Crippen LogP contribution >= 0.6 is 34.8 Å². The molecule has 3 rings (SSSR count). The third-order valence-corrected chi connectivity index (χ3v) is 9.18. The molecule has 0 saturated heterocycles. The maximum absolute atomic E-state index is 14.0. The second-order valence-electron chi connectivity index (χ2n) is 10.5. The number of hydrogen-bond acceptors (Lipinski definition) is 4. The summed E-state index contributed by atoms with van der Waals surface area (Å²) in [6.45, 7) is 4.53. The molecule has 43 heavy (non-hydrogen) atoms. The number of carbonyl (C=O) groups is 2. The molecule has 3 aromatic carbocycles. The number of benzene rings is 3. The van der Waals surface area contributed by atoms with Gasteiger partial charge in [-0.3, -0.25) is 13.9 Å². The number of halogens is 3. The smallest absolute Gasteiger partial charge is 0.243 e. The van der Waals surface area contributed by atoms with Crippen molar-refractivity contribution in [1.82, 2.24) is 10.2 Å². The Morgan fingerprint density at radius 3 is 2.28 bits per heavy atom. The Labute approximate surface area is 270 Å². The average Bonchev–Trinajstić information content (AvgIpc) is 2.96. The number of aryl methyl sites for hydroxylation is 1. The van der Waals surface area contributed by atoms with E-state index in [9.17, 15) is 18.0 Å². The maximum Gasteiger partial charge on any atom is 0.243 e. The van der Waals surface area contributed by atoms with E-state index in [1.807, 2.05) is 37.3 Å². The fraction of sp³-hybridized carbons (Fsp3) is 0.375. The summed E-state index contributed by atoms with van der Waals surface area (Å²) in [5.74, 6) is -0.535. The molecule has 1 N–H and O–H groups in total. The van der Waals surface area contributed by atoms with Gasteiger partial charge in [0.05, 0.1) is 22.0 Å². The van der Waals surface area contributed by atoms with Gasteiger partial charge in [0.25, 0.3) is 0 Å². The summed E-state index contributed by atoms with van der Waals surface area (Å²) in [5.41, 5.74) is 2.83. The van der Waals surface area contributed by atoms with Crippen molar-refractivity contribution >= 4 is 62.3 Å². The third kappa shape index (κ3) is 10.4. The Hall–Kier alpha value is -2.78. The first kappa shape index (κ1) is 34.7. The molecule has 0 aliphatic heterocycles. The molecule has 0 fully saturated rings. The summed E-state index contributed by atoms with van der Waals surface area (Å²) in [6.07, 6.45) is 3.41. The topological polar surface area (TPSA) is 86.8 Å². The minimum atomic E-state index is -3.66. The van der Waals surface area contributed by atoms with E-state index in [2.05, 4.69) is 5.32 Å². The highest BCUT2D eigenvalue weighted by molar-refractivity contribution is 7.92. The number of unbranched alkanes of at least 4 members (excludes halogenated alkanes) is 1. The molecule has 0 saturated carbocycles. The van der Waals surface area contributed by atoms with E-state index in [-0.39, 0.29) is 37.7 Å². The SMILES string of the molecule is CCCCNC(=O)[C@H](Cc1ccccc1)N(Cc1ccc(Cl)c(Cl)c1)C(=O)CCCN(c1cc(Cl)ccc1C)S(C)(=O)=O. The van der Waals surface area contributed by atoms with E-state index in [4.69, 9.17) is 34.8 Å². The lowest BCUT2D eigenvalue weighted by molar-refractivity contribution is -0.141. The molecule has 3 aromatic rings. The van der Waals surface area contributed by atoms with E-state index in [0.29, 0.717) is 33.7 Å². The lowest BCUT2D eigenvalue weighted by Gasteiger charge is -2.32. The quantitative estimate of drug-likeness (QED) is 0.176. The molecule has 232 valence electrons. The largest absolute Gasteiger partial charge is 0.354 e. The van der Waals surface area contributed by atoms with Crippen molar-refractivity contribution in [3.63, 3.8) is 0 Å². The van der Waals surface area contributed by atoms with Crippen LogP contribution in [0.2, 0.25) is 15.1 Å². The van der Waals surface area contributed by atoms with Gasteiger partial charge in [-0.2, -0.15) is 0 Å². The van der Waals surface area contributed by atoms with Gasteiger partial charge in [-0.1, -0.05) is 90.6 Å². The molecule has 0 spiro atoms. The number of nitrogens with zero attached hydrogens (tertiary/aromatic N) is 2. The first-order valence-corrected chi connectivity index (χ1v) is 17.2. The van der Waals surface area contributed by atoms with Crippen molar-refractivity contribution < 1.29 is 18.0 Å². The van der Waals surface area contributed by atoms with Crippen LogP contribution in [0.4, 0.5) is 5.69 Å². The number of carbonyl (C=O) groups excluding carboxylic acids is 2. The van der Waals surface area contributed by atoms with Gasteiger partial charge in [0.15, 0.2) is 0 Å². The fourth-order valence-corrected chi connectivity index (χ4v) is 6.23. The number of nitrogens with one attached hydrogen (secondary N) is 1. The summed E-state index contributed by atoms with van der Waals surface area (Å²) in [5, 5.41) is 4.14. The predicted molar refractivity (Wildman–Crippen MR) is 176 cm³/mol. The van der Waals surface area contributed by atoms with Crippen LogP contribution in [-0.2, 0) is 32.6 Å². The van der Waals surface area contributed by atoms with Crippen molar-refractivity contribution in [1.29, 1.82) is 0 Å². The summed E-state index contributed by atoms with van der Waals surface area (Å²) in [6, 6.07) is 18.9. The maximum atomic E-state index is 14.0. The zero-order valence-corrected chi connectivity index (χ0v) is 27.7. The van der Waals surface area contributed by atoms with Crippen LogP contribution in [-0.4, -0.2) is 50.5 Å². The zero-order valence-electron chi connectivity index (χ0n) is 24.7. The van der Waals surface area contributed by atoms with Crippen LogP contribution in [0, 0.1) is 6.92 Å². The van der Waals surface area contributed by atoms with Crippen molar-refractivity contribution in [3.8, 4) is 0 Å². The van der Waals surface area contributed by atoms with E-state index in [1.54, 1.807) is 48.2 Å². The molecule has 0 bridgehead atoms. The number of sulfonamides is 1. The van der Waals surface area contributed by atoms with Gasteiger partial charge in [0.1, 0.15) is 6.04 Å². The van der Waals surface area contributed by atoms with Crippen molar-refractivity contribution in [3.05, 3.63) is 98.5 Å². The fourth-order valence-electron chi connectivity index (χ4n) is 4.73. The summed E-state index contributed by atoms with van der Waals surface area (Å²) in [7, 11) is -3.66. The molecule has 0 radical (unpaired) electrons. The van der Waals surface area contributed by atoms with Crippen LogP contribution in [0.25, 0.3) is 0 Å². The lowest BCUT2D eigenvalue weighted by atomic mass is 10.0. The number of anilines is 1. The Kier molecular flexibility index (Phi) is 13.2. The Morgan fingerprint density at radius 2 is 1.63 bits per heavy atom. The normalized spacial score (nSPS) is 12.0. The molecule has 1 atom stereocenters. The Bertz CT molecular complexity index is 1500. The Morgan fingerprint density at radius 1 is 0.907 bits per heavy atom. The van der Waals surface area contributed by atoms with Crippen LogP contribution in [0.15, 0.2) is 66.7 Å². The van der Waals surface area contributed by atoms with E-state index in [1.165, 1.54) is 4.31 Å². The summed E-state index contributed by atoms with van der Waals surface area (Å²) in [4.78, 5) is 29.1. The molecule has 0 aliphatic carbocycles. The Balaban J connectivity index is 1.91. The second kappa shape index (κ2) is 16.3. The molecule has 11 heteroatoms. The molecule has 2 amide bonds. The average molecular weight is 667 g/mol. The molecule has 0 unspecified atom stereocenters. The van der Waals surface area contributed by atoms with Crippen LogP contribution < -0.4 is 9.62 Å². The first-order chi connectivity index (χ1) is 20.4. The molecule has 0 aromatic heterocycles. The van der Waals surface area contributed by atoms with Crippen molar-refractivity contribution in [2.75, 3.05) is 23.7 Å². The van der Waals surface area contributed by atoms with E-state index < -0.39 is 16.1 Å². The minimum Gasteiger partial charge on any atom is -0.354 e. The highest BCUT2D eigenvalue weighted by atomic mass is 35.5. The minimum absolute atomic E-state index is 0.0144. The van der Waals surface area contributed by atoms with Gasteiger partial charge < -0.3 is 10.2 Å². The van der Waals surface area contributed by atoms with Crippen molar-refractivity contribution in [2.24, 2.45) is 0 Å². The summed E-state index contributed by atoms with van der Waals surface area (Å²) < 4.78 is 26.8. The van der Waals surface area contributed by atoms with Crippen LogP contribution in [0.5, 0.6) is 0 Å². The van der Waals surface area contributed by atoms with Crippen molar-refractivity contribution in [2.45, 2.75) is 58.5 Å². The predicted octanol–water partition coefficient (Wildman–Crippen LogP) is 7.06. The summed E-state index contributed by atoms with van der Waals surface area (Å²) >= 11 is 18.6. The number of hydrogen-bond donors (Lipinski definition) is 1. The number of rotatable bonds is 15. The first-order valence-electron chi connectivity index (χ1n) is 14.2. The highest BCUT2D eigenvalue weighted by Gasteiger charge is 2.30. The second-order valence-corrected chi connectivity index (χ2v) is 13.6. The number of amides is 2. The molecular weight excluding hydrogens is 629 g/mol. The molecule has 7 nitrogen and oxygen atoms in total. The van der Waals surface area contributed by atoms with Gasteiger partial charge in [-0.15, -0.1) is 0 Å².